The number of rotatable bonds is 6. The van der Waals surface area contributed by atoms with Crippen molar-refractivity contribution in [3.8, 4) is 11.5 Å². The van der Waals surface area contributed by atoms with E-state index in [0.717, 1.165) is 29.9 Å². The number of methoxy groups -OCH3 is 1. The lowest BCUT2D eigenvalue weighted by atomic mass is 9.73. The van der Waals surface area contributed by atoms with Crippen LogP contribution in [0.25, 0.3) is 0 Å². The van der Waals surface area contributed by atoms with Gasteiger partial charge in [-0.25, -0.2) is 0 Å². The first-order valence-corrected chi connectivity index (χ1v) is 10.0. The summed E-state index contributed by atoms with van der Waals surface area (Å²) in [7, 11) is 1.65. The van der Waals surface area contributed by atoms with E-state index in [1.165, 1.54) is 12.8 Å². The lowest BCUT2D eigenvalue weighted by Gasteiger charge is -2.28. The average Bonchev–Trinajstić information content (AvgIpc) is 3.29. The van der Waals surface area contributed by atoms with Crippen molar-refractivity contribution in [2.24, 2.45) is 5.41 Å². The third-order valence-corrected chi connectivity index (χ3v) is 6.34. The highest BCUT2D eigenvalue weighted by Crippen LogP contribution is 2.45. The summed E-state index contributed by atoms with van der Waals surface area (Å²) in [4.78, 5) is 26.6. The molecule has 1 aromatic carbocycles. The summed E-state index contributed by atoms with van der Waals surface area (Å²) < 4.78 is 11.7. The Bertz CT molecular complexity index is 710. The first-order valence-electron chi connectivity index (χ1n) is 10.0. The Morgan fingerprint density at radius 2 is 1.93 bits per heavy atom. The Labute approximate surface area is 162 Å². The number of ether oxygens (including phenoxy) is 2. The third kappa shape index (κ3) is 3.83. The molecule has 0 N–H and O–H groups in total. The molecule has 0 spiro atoms. The normalized spacial score (nSPS) is 25.6. The van der Waals surface area contributed by atoms with Crippen LogP contribution in [-0.2, 0) is 9.59 Å². The number of carbonyl (C=O) groups excluding carboxylic acids is 2. The number of amides is 1. The number of Topliss-reactive ketones (excluding diaryl/α,β-unsaturated/α-hetero) is 1. The van der Waals surface area contributed by atoms with Gasteiger partial charge < -0.3 is 14.4 Å². The van der Waals surface area contributed by atoms with Crippen molar-refractivity contribution in [1.82, 2.24) is 4.90 Å². The van der Waals surface area contributed by atoms with Crippen LogP contribution in [0.4, 0.5) is 0 Å². The van der Waals surface area contributed by atoms with E-state index in [1.54, 1.807) is 14.0 Å². The molecule has 5 nitrogen and oxygen atoms in total. The quantitative estimate of drug-likeness (QED) is 0.758. The van der Waals surface area contributed by atoms with E-state index < -0.39 is 5.41 Å². The molecule has 27 heavy (non-hydrogen) atoms. The Morgan fingerprint density at radius 1 is 1.22 bits per heavy atom. The topological polar surface area (TPSA) is 55.8 Å². The predicted molar refractivity (Wildman–Crippen MR) is 104 cm³/mol. The molecule has 148 valence electrons. The summed E-state index contributed by atoms with van der Waals surface area (Å²) in [6.07, 6.45) is 5.23. The highest BCUT2D eigenvalue weighted by atomic mass is 16.5. The van der Waals surface area contributed by atoms with Crippen molar-refractivity contribution in [2.45, 2.75) is 64.9 Å². The van der Waals surface area contributed by atoms with Crippen LogP contribution < -0.4 is 9.47 Å². The Kier molecular flexibility index (Phi) is 5.78. The van der Waals surface area contributed by atoms with E-state index >= 15 is 0 Å². The number of likely N-dealkylation sites (tertiary alicyclic amines) is 1. The zero-order chi connectivity index (χ0) is 19.6. The van der Waals surface area contributed by atoms with E-state index in [2.05, 4.69) is 0 Å². The van der Waals surface area contributed by atoms with Gasteiger partial charge in [-0.3, -0.25) is 9.59 Å². The Hall–Kier alpha value is -2.04. The van der Waals surface area contributed by atoms with Crippen molar-refractivity contribution < 1.29 is 19.1 Å². The number of nitrogens with zero attached hydrogens (tertiary/aromatic N) is 1. The van der Waals surface area contributed by atoms with Gasteiger partial charge in [0.1, 0.15) is 5.78 Å². The first-order chi connectivity index (χ1) is 12.9. The summed E-state index contributed by atoms with van der Waals surface area (Å²) in [5.74, 6) is 1.64. The molecular formula is C22H31NO4. The second-order valence-electron chi connectivity index (χ2n) is 8.09. The number of hydrogen-bond donors (Lipinski definition) is 0. The van der Waals surface area contributed by atoms with E-state index in [1.807, 2.05) is 36.9 Å². The zero-order valence-electron chi connectivity index (χ0n) is 16.9. The fraction of sp³-hybridized carbons (Fsp3) is 0.636. The van der Waals surface area contributed by atoms with Crippen LogP contribution in [0, 0.1) is 5.41 Å². The zero-order valence-corrected chi connectivity index (χ0v) is 16.9. The largest absolute Gasteiger partial charge is 0.493 e. The maximum Gasteiger partial charge on any atom is 0.222 e. The number of hydrogen-bond acceptors (Lipinski definition) is 4. The molecule has 1 aliphatic heterocycles. The molecule has 1 aromatic rings. The van der Waals surface area contributed by atoms with Crippen LogP contribution in [0.5, 0.6) is 11.5 Å². The van der Waals surface area contributed by atoms with Crippen molar-refractivity contribution in [3.63, 3.8) is 0 Å². The highest BCUT2D eigenvalue weighted by Gasteiger charge is 2.48. The van der Waals surface area contributed by atoms with Crippen LogP contribution in [0.15, 0.2) is 18.2 Å². The minimum Gasteiger partial charge on any atom is -0.493 e. The van der Waals surface area contributed by atoms with E-state index in [-0.39, 0.29) is 23.7 Å². The third-order valence-electron chi connectivity index (χ3n) is 6.34. The molecular weight excluding hydrogens is 342 g/mol. The van der Waals surface area contributed by atoms with Gasteiger partial charge in [-0.2, -0.15) is 0 Å². The Balaban J connectivity index is 1.92. The lowest BCUT2D eigenvalue weighted by molar-refractivity contribution is -0.131. The molecule has 2 aliphatic rings. The van der Waals surface area contributed by atoms with Crippen molar-refractivity contribution in [2.75, 3.05) is 20.2 Å². The van der Waals surface area contributed by atoms with Gasteiger partial charge in [-0.05, 0) is 50.3 Å². The molecule has 5 heteroatoms. The molecule has 2 atom stereocenters. The molecule has 1 aliphatic carbocycles. The van der Waals surface area contributed by atoms with Gasteiger partial charge in [-0.15, -0.1) is 0 Å². The standard InChI is InChI=1S/C22H31NO4/c1-5-21(25)23-13-18(22(3,14-23)15(2)24)16-10-11-19(26-4)20(12-16)27-17-8-6-7-9-17/h10-12,17-18H,5-9,13-14H2,1-4H3. The maximum atomic E-state index is 12.5. The number of benzene rings is 1. The minimum absolute atomic E-state index is 0.0395. The monoisotopic (exact) mass is 373 g/mol. The number of carbonyl (C=O) groups is 2. The SMILES string of the molecule is CCC(=O)N1CC(c2ccc(OC)c(OC3CCCC3)c2)C(C)(C(C)=O)C1. The fourth-order valence-electron chi connectivity index (χ4n) is 4.42. The molecule has 0 bridgehead atoms. The van der Waals surface area contributed by atoms with Crippen molar-refractivity contribution >= 4 is 11.7 Å². The fourth-order valence-corrected chi connectivity index (χ4v) is 4.42. The average molecular weight is 373 g/mol. The summed E-state index contributed by atoms with van der Waals surface area (Å²) in [5, 5.41) is 0. The molecule has 0 aromatic heterocycles. The molecule has 1 saturated carbocycles. The highest BCUT2D eigenvalue weighted by molar-refractivity contribution is 5.86. The van der Waals surface area contributed by atoms with Gasteiger partial charge in [0, 0.05) is 25.4 Å². The van der Waals surface area contributed by atoms with Gasteiger partial charge in [-0.1, -0.05) is 19.9 Å². The van der Waals surface area contributed by atoms with Crippen LogP contribution in [0.3, 0.4) is 0 Å². The van der Waals surface area contributed by atoms with Crippen LogP contribution >= 0.6 is 0 Å². The molecule has 1 saturated heterocycles. The van der Waals surface area contributed by atoms with Gasteiger partial charge in [0.05, 0.1) is 18.6 Å². The van der Waals surface area contributed by atoms with Crippen LogP contribution in [-0.4, -0.2) is 42.9 Å². The molecule has 2 unspecified atom stereocenters. The van der Waals surface area contributed by atoms with Crippen molar-refractivity contribution in [3.05, 3.63) is 23.8 Å². The second-order valence-corrected chi connectivity index (χ2v) is 8.09. The Morgan fingerprint density at radius 3 is 2.52 bits per heavy atom. The second kappa shape index (κ2) is 7.91. The molecule has 0 radical (unpaired) electrons. The summed E-state index contributed by atoms with van der Waals surface area (Å²) >= 11 is 0. The van der Waals surface area contributed by atoms with E-state index in [0.29, 0.717) is 19.5 Å². The summed E-state index contributed by atoms with van der Waals surface area (Å²) in [6.45, 7) is 6.52. The van der Waals surface area contributed by atoms with Gasteiger partial charge in [0.2, 0.25) is 5.91 Å². The van der Waals surface area contributed by atoms with Gasteiger partial charge >= 0.3 is 0 Å². The number of ketones is 1. The van der Waals surface area contributed by atoms with Gasteiger partial charge in [0.25, 0.3) is 0 Å². The van der Waals surface area contributed by atoms with Crippen LogP contribution in [0.1, 0.15) is 64.4 Å². The smallest absolute Gasteiger partial charge is 0.222 e. The lowest BCUT2D eigenvalue weighted by Crippen LogP contribution is -2.35. The van der Waals surface area contributed by atoms with Crippen LogP contribution in [0.2, 0.25) is 0 Å². The van der Waals surface area contributed by atoms with E-state index in [4.69, 9.17) is 9.47 Å². The first kappa shape index (κ1) is 19.7. The molecule has 3 rings (SSSR count). The van der Waals surface area contributed by atoms with Crippen molar-refractivity contribution in [1.29, 1.82) is 0 Å². The molecule has 1 heterocycles. The molecule has 1 amide bonds. The van der Waals surface area contributed by atoms with E-state index in [9.17, 15) is 9.59 Å². The predicted octanol–water partition coefficient (Wildman–Crippen LogP) is 3.95. The summed E-state index contributed by atoms with van der Waals surface area (Å²) in [6, 6.07) is 5.94. The minimum atomic E-state index is -0.579. The maximum absolute atomic E-state index is 12.5. The summed E-state index contributed by atoms with van der Waals surface area (Å²) in [5.41, 5.74) is 0.456. The molecule has 2 fully saturated rings. The van der Waals surface area contributed by atoms with Gasteiger partial charge in [0.15, 0.2) is 11.5 Å².